The van der Waals surface area contributed by atoms with E-state index in [-0.39, 0.29) is 5.91 Å². The van der Waals surface area contributed by atoms with E-state index in [1.807, 2.05) is 30.3 Å². The lowest BCUT2D eigenvalue weighted by Crippen LogP contribution is -2.22. The van der Waals surface area contributed by atoms with Crippen molar-refractivity contribution in [3.63, 3.8) is 0 Å². The number of likely N-dealkylation sites (N-methyl/N-ethyl adjacent to an activating group) is 1. The van der Waals surface area contributed by atoms with Crippen LogP contribution in [0.1, 0.15) is 11.1 Å². The van der Waals surface area contributed by atoms with Crippen molar-refractivity contribution in [2.45, 2.75) is 6.42 Å². The Bertz CT molecular complexity index is 424. The molecule has 0 saturated heterocycles. The van der Waals surface area contributed by atoms with E-state index in [4.69, 9.17) is 4.84 Å². The zero-order valence-electron chi connectivity index (χ0n) is 10.2. The van der Waals surface area contributed by atoms with Gasteiger partial charge in [-0.15, -0.1) is 6.58 Å². The van der Waals surface area contributed by atoms with E-state index in [1.165, 1.54) is 18.2 Å². The first kappa shape index (κ1) is 13.2. The molecule has 0 aliphatic carbocycles. The van der Waals surface area contributed by atoms with Gasteiger partial charge < -0.3 is 0 Å². The number of nitrogens with zero attached hydrogens (tertiary/aromatic N) is 1. The van der Waals surface area contributed by atoms with Crippen LogP contribution in [0.2, 0.25) is 0 Å². The van der Waals surface area contributed by atoms with Gasteiger partial charge in [0.1, 0.15) is 0 Å². The molecule has 0 aliphatic rings. The minimum absolute atomic E-state index is 0.194. The van der Waals surface area contributed by atoms with E-state index in [0.717, 1.165) is 17.5 Å². The Balaban J connectivity index is 2.83. The molecular weight excluding hydrogens is 214 g/mol. The van der Waals surface area contributed by atoms with E-state index in [1.54, 1.807) is 13.1 Å². The number of rotatable bonds is 5. The topological polar surface area (TPSA) is 29.5 Å². The van der Waals surface area contributed by atoms with E-state index >= 15 is 0 Å². The van der Waals surface area contributed by atoms with E-state index in [9.17, 15) is 4.79 Å². The predicted octanol–water partition coefficient (Wildman–Crippen LogP) is 2.45. The van der Waals surface area contributed by atoms with Gasteiger partial charge in [-0.2, -0.15) is 0 Å². The molecule has 0 fully saturated rings. The summed E-state index contributed by atoms with van der Waals surface area (Å²) < 4.78 is 0. The summed E-state index contributed by atoms with van der Waals surface area (Å²) in [5, 5.41) is 1.17. The average molecular weight is 231 g/mol. The maximum Gasteiger partial charge on any atom is 0.269 e. The Labute approximate surface area is 102 Å². The fourth-order valence-corrected chi connectivity index (χ4v) is 1.39. The third-order valence-electron chi connectivity index (χ3n) is 2.41. The molecule has 0 unspecified atom stereocenters. The van der Waals surface area contributed by atoms with Crippen molar-refractivity contribution in [3.8, 4) is 0 Å². The number of hydroxylamine groups is 2. The van der Waals surface area contributed by atoms with Crippen LogP contribution >= 0.6 is 0 Å². The van der Waals surface area contributed by atoms with Gasteiger partial charge in [0.2, 0.25) is 0 Å². The molecule has 0 radical (unpaired) electrons. The molecule has 1 aromatic carbocycles. The van der Waals surface area contributed by atoms with Gasteiger partial charge in [-0.25, -0.2) is 5.06 Å². The Hall–Kier alpha value is -1.87. The molecule has 17 heavy (non-hydrogen) atoms. The summed E-state index contributed by atoms with van der Waals surface area (Å²) in [7, 11) is 3.03. The third-order valence-corrected chi connectivity index (χ3v) is 2.41. The molecule has 3 heteroatoms. The Morgan fingerprint density at radius 3 is 2.82 bits per heavy atom. The van der Waals surface area contributed by atoms with Crippen LogP contribution in [0.4, 0.5) is 0 Å². The van der Waals surface area contributed by atoms with Gasteiger partial charge in [0.15, 0.2) is 0 Å². The second kappa shape index (κ2) is 6.66. The van der Waals surface area contributed by atoms with Crippen LogP contribution in [-0.2, 0) is 16.1 Å². The number of amides is 1. The molecule has 1 aromatic rings. The quantitative estimate of drug-likeness (QED) is 0.442. The normalized spacial score (nSPS) is 10.5. The van der Waals surface area contributed by atoms with Gasteiger partial charge in [-0.05, 0) is 23.6 Å². The Kier molecular flexibility index (Phi) is 5.17. The summed E-state index contributed by atoms with van der Waals surface area (Å²) >= 11 is 0. The summed E-state index contributed by atoms with van der Waals surface area (Å²) in [5.74, 6) is -0.194. The maximum atomic E-state index is 11.5. The minimum atomic E-state index is -0.194. The third kappa shape index (κ3) is 3.89. The lowest BCUT2D eigenvalue weighted by Gasteiger charge is -2.10. The number of carbonyl (C=O) groups excluding carboxylic acids is 1. The van der Waals surface area contributed by atoms with E-state index in [0.29, 0.717) is 0 Å². The highest BCUT2D eigenvalue weighted by molar-refractivity contribution is 5.91. The first-order chi connectivity index (χ1) is 8.19. The zero-order valence-corrected chi connectivity index (χ0v) is 10.2. The largest absolute Gasteiger partial charge is 0.274 e. The Morgan fingerprint density at radius 1 is 1.47 bits per heavy atom. The fourth-order valence-electron chi connectivity index (χ4n) is 1.39. The van der Waals surface area contributed by atoms with Crippen LogP contribution < -0.4 is 0 Å². The zero-order chi connectivity index (χ0) is 12.7. The van der Waals surface area contributed by atoms with Crippen LogP contribution in [0.5, 0.6) is 0 Å². The molecule has 90 valence electrons. The average Bonchev–Trinajstić information content (AvgIpc) is 2.36. The molecule has 0 heterocycles. The molecule has 0 atom stereocenters. The van der Waals surface area contributed by atoms with Gasteiger partial charge in [0, 0.05) is 13.1 Å². The highest BCUT2D eigenvalue weighted by atomic mass is 16.7. The molecule has 1 rings (SSSR count). The summed E-state index contributed by atoms with van der Waals surface area (Å²) in [6.07, 6.45) is 5.91. The predicted molar refractivity (Wildman–Crippen MR) is 69.2 cm³/mol. The highest BCUT2D eigenvalue weighted by Gasteiger charge is 2.03. The van der Waals surface area contributed by atoms with Gasteiger partial charge in [0.25, 0.3) is 5.91 Å². The summed E-state index contributed by atoms with van der Waals surface area (Å²) in [6.45, 7) is 3.71. The minimum Gasteiger partial charge on any atom is -0.274 e. The van der Waals surface area contributed by atoms with Crippen molar-refractivity contribution in [1.82, 2.24) is 5.06 Å². The molecule has 0 aromatic heterocycles. The van der Waals surface area contributed by atoms with Gasteiger partial charge in [0.05, 0.1) is 7.11 Å². The number of hydrogen-bond donors (Lipinski definition) is 0. The van der Waals surface area contributed by atoms with Crippen LogP contribution in [0, 0.1) is 0 Å². The number of carbonyl (C=O) groups is 1. The second-order valence-corrected chi connectivity index (χ2v) is 3.54. The van der Waals surface area contributed by atoms with Crippen molar-refractivity contribution < 1.29 is 9.63 Å². The van der Waals surface area contributed by atoms with Gasteiger partial charge in [-0.1, -0.05) is 30.3 Å². The second-order valence-electron chi connectivity index (χ2n) is 3.54. The summed E-state index contributed by atoms with van der Waals surface area (Å²) in [5.41, 5.74) is 2.16. The van der Waals surface area contributed by atoms with Gasteiger partial charge >= 0.3 is 0 Å². The van der Waals surface area contributed by atoms with E-state index < -0.39 is 0 Å². The molecule has 0 saturated carbocycles. The standard InChI is InChI=1S/C14H17NO2/c1-4-7-12-8-5-6-9-13(12)10-11-14(16)15(2)17-3/h4-6,8-11H,1,7H2,2-3H3/b11-10+. The Morgan fingerprint density at radius 2 is 2.18 bits per heavy atom. The molecule has 3 nitrogen and oxygen atoms in total. The van der Waals surface area contributed by atoms with Crippen LogP contribution in [0.3, 0.4) is 0 Å². The lowest BCUT2D eigenvalue weighted by molar-refractivity contribution is -0.162. The van der Waals surface area contributed by atoms with Crippen molar-refractivity contribution in [1.29, 1.82) is 0 Å². The van der Waals surface area contributed by atoms with Crippen molar-refractivity contribution in [3.05, 3.63) is 54.1 Å². The summed E-state index contributed by atoms with van der Waals surface area (Å²) in [6, 6.07) is 7.90. The molecule has 0 N–H and O–H groups in total. The van der Waals surface area contributed by atoms with Crippen molar-refractivity contribution in [2.24, 2.45) is 0 Å². The van der Waals surface area contributed by atoms with Crippen molar-refractivity contribution >= 4 is 12.0 Å². The molecule has 1 amide bonds. The number of allylic oxidation sites excluding steroid dienone is 1. The van der Waals surface area contributed by atoms with E-state index in [2.05, 4.69) is 6.58 Å². The number of hydrogen-bond acceptors (Lipinski definition) is 2. The van der Waals surface area contributed by atoms with Crippen LogP contribution in [0.25, 0.3) is 6.08 Å². The lowest BCUT2D eigenvalue weighted by atomic mass is 10.0. The molecule has 0 bridgehead atoms. The molecular formula is C14H17NO2. The van der Waals surface area contributed by atoms with Crippen LogP contribution in [-0.4, -0.2) is 25.1 Å². The SMILES string of the molecule is C=CCc1ccccc1/C=C/C(=O)N(C)OC. The molecule has 0 aliphatic heterocycles. The van der Waals surface area contributed by atoms with Gasteiger partial charge in [-0.3, -0.25) is 9.63 Å². The van der Waals surface area contributed by atoms with Crippen LogP contribution in [0.15, 0.2) is 43.0 Å². The highest BCUT2D eigenvalue weighted by Crippen LogP contribution is 2.12. The fraction of sp³-hybridized carbons (Fsp3) is 0.214. The smallest absolute Gasteiger partial charge is 0.269 e. The first-order valence-corrected chi connectivity index (χ1v) is 5.37. The molecule has 0 spiro atoms. The summed E-state index contributed by atoms with van der Waals surface area (Å²) in [4.78, 5) is 16.3. The monoisotopic (exact) mass is 231 g/mol. The first-order valence-electron chi connectivity index (χ1n) is 5.37. The van der Waals surface area contributed by atoms with Crippen molar-refractivity contribution in [2.75, 3.05) is 14.2 Å². The number of benzene rings is 1. The maximum absolute atomic E-state index is 11.5.